The lowest BCUT2D eigenvalue weighted by atomic mass is 9.78. The van der Waals surface area contributed by atoms with Gasteiger partial charge in [-0.25, -0.2) is 0 Å². The normalized spacial score (nSPS) is 18.3. The topological polar surface area (TPSA) is 53.1 Å². The molecule has 1 aromatic carbocycles. The van der Waals surface area contributed by atoms with Crippen molar-refractivity contribution in [3.63, 3.8) is 0 Å². The fraction of sp³-hybridized carbons (Fsp3) is 0.400. The molecule has 0 spiro atoms. The van der Waals surface area contributed by atoms with Crippen LogP contribution in [0.1, 0.15) is 36.8 Å². The second-order valence-electron chi connectivity index (χ2n) is 5.33. The molecule has 2 aromatic rings. The van der Waals surface area contributed by atoms with Gasteiger partial charge in [0.05, 0.1) is 5.41 Å². The SMILES string of the molecule is Cc1c[nH]c2ccc(C3(C(=O)O)CCCC3)cc12. The Kier molecular flexibility index (Phi) is 2.44. The minimum atomic E-state index is -0.674. The summed E-state index contributed by atoms with van der Waals surface area (Å²) in [5.41, 5.74) is 2.56. The van der Waals surface area contributed by atoms with E-state index in [0.29, 0.717) is 0 Å². The molecule has 18 heavy (non-hydrogen) atoms. The van der Waals surface area contributed by atoms with E-state index >= 15 is 0 Å². The molecule has 0 aliphatic heterocycles. The van der Waals surface area contributed by atoms with Crippen LogP contribution in [0.5, 0.6) is 0 Å². The smallest absolute Gasteiger partial charge is 0.314 e. The molecule has 1 heterocycles. The van der Waals surface area contributed by atoms with Crippen LogP contribution in [0.15, 0.2) is 24.4 Å². The first-order valence-electron chi connectivity index (χ1n) is 6.45. The Morgan fingerprint density at radius 3 is 2.72 bits per heavy atom. The Morgan fingerprint density at radius 2 is 2.06 bits per heavy atom. The molecule has 1 aliphatic rings. The maximum atomic E-state index is 11.7. The van der Waals surface area contributed by atoms with Gasteiger partial charge in [-0.2, -0.15) is 0 Å². The number of carboxylic acid groups (broad SMARTS) is 1. The molecule has 0 atom stereocenters. The molecule has 0 unspecified atom stereocenters. The van der Waals surface area contributed by atoms with Crippen molar-refractivity contribution < 1.29 is 9.90 Å². The third kappa shape index (κ3) is 1.47. The Hall–Kier alpha value is -1.77. The monoisotopic (exact) mass is 243 g/mol. The molecule has 0 radical (unpaired) electrons. The highest BCUT2D eigenvalue weighted by Crippen LogP contribution is 2.42. The molecule has 3 heteroatoms. The van der Waals surface area contributed by atoms with Crippen LogP contribution in [-0.4, -0.2) is 16.1 Å². The number of aryl methyl sites for hydroxylation is 1. The third-order valence-corrected chi connectivity index (χ3v) is 4.31. The van der Waals surface area contributed by atoms with Crippen molar-refractivity contribution in [3.05, 3.63) is 35.5 Å². The van der Waals surface area contributed by atoms with Gasteiger partial charge < -0.3 is 10.1 Å². The first-order chi connectivity index (χ1) is 8.63. The summed E-state index contributed by atoms with van der Waals surface area (Å²) in [4.78, 5) is 14.9. The van der Waals surface area contributed by atoms with E-state index in [-0.39, 0.29) is 0 Å². The largest absolute Gasteiger partial charge is 0.481 e. The van der Waals surface area contributed by atoms with Gasteiger partial charge in [-0.3, -0.25) is 4.79 Å². The van der Waals surface area contributed by atoms with E-state index in [0.717, 1.165) is 42.1 Å². The summed E-state index contributed by atoms with van der Waals surface area (Å²) in [5, 5.41) is 10.7. The minimum Gasteiger partial charge on any atom is -0.481 e. The molecule has 2 N–H and O–H groups in total. The quantitative estimate of drug-likeness (QED) is 0.849. The predicted octanol–water partition coefficient (Wildman–Crippen LogP) is 3.37. The Balaban J connectivity index is 2.17. The second-order valence-corrected chi connectivity index (χ2v) is 5.33. The first-order valence-corrected chi connectivity index (χ1v) is 6.45. The number of hydrogen-bond donors (Lipinski definition) is 2. The molecule has 1 saturated carbocycles. The van der Waals surface area contributed by atoms with Crippen molar-refractivity contribution >= 4 is 16.9 Å². The minimum absolute atomic E-state index is 0.655. The van der Waals surface area contributed by atoms with E-state index in [1.54, 1.807) is 0 Å². The number of aromatic nitrogens is 1. The van der Waals surface area contributed by atoms with Gasteiger partial charge in [-0.1, -0.05) is 18.9 Å². The molecule has 94 valence electrons. The summed E-state index contributed by atoms with van der Waals surface area (Å²) < 4.78 is 0. The molecule has 0 saturated heterocycles. The number of rotatable bonds is 2. The van der Waals surface area contributed by atoms with Crippen molar-refractivity contribution in [2.45, 2.75) is 38.0 Å². The Morgan fingerprint density at radius 1 is 1.33 bits per heavy atom. The van der Waals surface area contributed by atoms with Gasteiger partial charge in [-0.05, 0) is 43.0 Å². The van der Waals surface area contributed by atoms with Gasteiger partial charge in [0.15, 0.2) is 0 Å². The Bertz CT molecular complexity index is 606. The van der Waals surface area contributed by atoms with Gasteiger partial charge in [0.25, 0.3) is 0 Å². The van der Waals surface area contributed by atoms with Crippen molar-refractivity contribution in [3.8, 4) is 0 Å². The van der Waals surface area contributed by atoms with Crippen LogP contribution in [0.4, 0.5) is 0 Å². The summed E-state index contributed by atoms with van der Waals surface area (Å²) in [6, 6.07) is 6.03. The van der Waals surface area contributed by atoms with Gasteiger partial charge in [0.1, 0.15) is 0 Å². The van der Waals surface area contributed by atoms with Crippen molar-refractivity contribution in [1.82, 2.24) is 4.98 Å². The number of H-pyrrole nitrogens is 1. The summed E-state index contributed by atoms with van der Waals surface area (Å²) in [6.45, 7) is 2.05. The first kappa shape index (κ1) is 11.3. The van der Waals surface area contributed by atoms with Crippen LogP contribution in [-0.2, 0) is 10.2 Å². The molecule has 0 bridgehead atoms. The standard InChI is InChI=1S/C15H17NO2/c1-10-9-16-13-5-4-11(8-12(10)13)15(14(17)18)6-2-3-7-15/h4-5,8-9,16H,2-3,6-7H2,1H3,(H,17,18). The van der Waals surface area contributed by atoms with Gasteiger partial charge in [0.2, 0.25) is 0 Å². The molecule has 3 nitrogen and oxygen atoms in total. The fourth-order valence-corrected chi connectivity index (χ4v) is 3.16. The van der Waals surface area contributed by atoms with E-state index in [4.69, 9.17) is 0 Å². The maximum Gasteiger partial charge on any atom is 0.314 e. The van der Waals surface area contributed by atoms with Crippen LogP contribution in [0.2, 0.25) is 0 Å². The number of nitrogens with one attached hydrogen (secondary N) is 1. The molecular weight excluding hydrogens is 226 g/mol. The summed E-state index contributed by atoms with van der Waals surface area (Å²) in [6.07, 6.45) is 5.51. The van der Waals surface area contributed by atoms with Crippen molar-refractivity contribution in [2.75, 3.05) is 0 Å². The number of carboxylic acids is 1. The lowest BCUT2D eigenvalue weighted by Crippen LogP contribution is -2.32. The zero-order valence-electron chi connectivity index (χ0n) is 10.5. The van der Waals surface area contributed by atoms with Crippen molar-refractivity contribution in [2.24, 2.45) is 0 Å². The number of aliphatic carboxylic acids is 1. The van der Waals surface area contributed by atoms with Crippen LogP contribution in [0, 0.1) is 6.92 Å². The molecule has 1 fully saturated rings. The molecular formula is C15H17NO2. The van der Waals surface area contributed by atoms with Gasteiger partial charge >= 0.3 is 5.97 Å². The van der Waals surface area contributed by atoms with E-state index in [1.165, 1.54) is 5.56 Å². The van der Waals surface area contributed by atoms with Crippen LogP contribution >= 0.6 is 0 Å². The van der Waals surface area contributed by atoms with Crippen LogP contribution in [0.25, 0.3) is 10.9 Å². The maximum absolute atomic E-state index is 11.7. The number of carbonyl (C=O) groups is 1. The summed E-state index contributed by atoms with van der Waals surface area (Å²) in [7, 11) is 0. The molecule has 1 aromatic heterocycles. The molecule has 0 amide bonds. The zero-order chi connectivity index (χ0) is 12.8. The highest BCUT2D eigenvalue weighted by atomic mass is 16.4. The predicted molar refractivity (Wildman–Crippen MR) is 70.8 cm³/mol. The number of benzene rings is 1. The summed E-state index contributed by atoms with van der Waals surface area (Å²) in [5.74, 6) is -0.674. The summed E-state index contributed by atoms with van der Waals surface area (Å²) >= 11 is 0. The van der Waals surface area contributed by atoms with Crippen LogP contribution < -0.4 is 0 Å². The zero-order valence-corrected chi connectivity index (χ0v) is 10.5. The highest BCUT2D eigenvalue weighted by molar-refractivity contribution is 5.88. The van der Waals surface area contributed by atoms with Gasteiger partial charge in [-0.15, -0.1) is 0 Å². The van der Waals surface area contributed by atoms with Gasteiger partial charge in [0, 0.05) is 17.1 Å². The number of fused-ring (bicyclic) bond motifs is 1. The van der Waals surface area contributed by atoms with E-state index in [9.17, 15) is 9.90 Å². The third-order valence-electron chi connectivity index (χ3n) is 4.31. The Labute approximate surface area is 106 Å². The lowest BCUT2D eigenvalue weighted by Gasteiger charge is -2.24. The second kappa shape index (κ2) is 3.87. The fourth-order valence-electron chi connectivity index (χ4n) is 3.16. The molecule has 1 aliphatic carbocycles. The average Bonchev–Trinajstić information content (AvgIpc) is 2.97. The number of aromatic amines is 1. The molecule has 3 rings (SSSR count). The highest BCUT2D eigenvalue weighted by Gasteiger charge is 2.42. The van der Waals surface area contributed by atoms with Crippen LogP contribution in [0.3, 0.4) is 0 Å². The van der Waals surface area contributed by atoms with E-state index in [1.807, 2.05) is 25.3 Å². The van der Waals surface area contributed by atoms with E-state index < -0.39 is 11.4 Å². The lowest BCUT2D eigenvalue weighted by molar-refractivity contribution is -0.143. The average molecular weight is 243 g/mol. The number of hydrogen-bond acceptors (Lipinski definition) is 1. The van der Waals surface area contributed by atoms with E-state index in [2.05, 4.69) is 11.1 Å². The van der Waals surface area contributed by atoms with Crippen molar-refractivity contribution in [1.29, 1.82) is 0 Å².